The molecule has 0 aliphatic carbocycles. The molecule has 6 heteroatoms. The van der Waals surface area contributed by atoms with E-state index in [1.807, 2.05) is 0 Å². The Morgan fingerprint density at radius 2 is 2.28 bits per heavy atom. The summed E-state index contributed by atoms with van der Waals surface area (Å²) >= 11 is 5.95. The van der Waals surface area contributed by atoms with Crippen LogP contribution in [0.3, 0.4) is 0 Å². The maximum atomic E-state index is 11.6. The molecule has 0 bridgehead atoms. The van der Waals surface area contributed by atoms with Gasteiger partial charge in [0.25, 0.3) is 5.56 Å². The molecular formula is C12H14ClN3O2. The van der Waals surface area contributed by atoms with Crippen LogP contribution in [0.5, 0.6) is 0 Å². The lowest BCUT2D eigenvalue weighted by Gasteiger charge is -2.03. The zero-order valence-corrected chi connectivity index (χ0v) is 10.9. The normalized spacial score (nSPS) is 10.8. The van der Waals surface area contributed by atoms with Gasteiger partial charge in [-0.05, 0) is 12.5 Å². The zero-order chi connectivity index (χ0) is 13.0. The van der Waals surface area contributed by atoms with E-state index in [1.54, 1.807) is 12.1 Å². The highest BCUT2D eigenvalue weighted by Crippen LogP contribution is 2.08. The third-order valence-electron chi connectivity index (χ3n) is 2.55. The summed E-state index contributed by atoms with van der Waals surface area (Å²) in [6, 6.07) is 4.72. The van der Waals surface area contributed by atoms with E-state index in [9.17, 15) is 4.79 Å². The number of hydrogen-bond acceptors (Lipinski definition) is 4. The van der Waals surface area contributed by atoms with Crippen LogP contribution in [-0.4, -0.2) is 14.7 Å². The van der Waals surface area contributed by atoms with Crippen molar-refractivity contribution in [2.75, 3.05) is 0 Å². The highest BCUT2D eigenvalue weighted by atomic mass is 35.5. The Morgan fingerprint density at radius 3 is 3.00 bits per heavy atom. The highest BCUT2D eigenvalue weighted by molar-refractivity contribution is 6.29. The summed E-state index contributed by atoms with van der Waals surface area (Å²) in [5, 5.41) is 4.21. The molecule has 0 aromatic carbocycles. The van der Waals surface area contributed by atoms with E-state index in [1.165, 1.54) is 10.6 Å². The van der Waals surface area contributed by atoms with Gasteiger partial charge in [0, 0.05) is 12.5 Å². The number of unbranched alkanes of at least 4 members (excludes halogenated alkanes) is 1. The number of aromatic nitrogens is 3. The van der Waals surface area contributed by atoms with Crippen molar-refractivity contribution in [3.05, 3.63) is 45.4 Å². The van der Waals surface area contributed by atoms with E-state index < -0.39 is 0 Å². The van der Waals surface area contributed by atoms with Crippen molar-refractivity contribution >= 4 is 11.6 Å². The first-order chi connectivity index (χ1) is 8.70. The summed E-state index contributed by atoms with van der Waals surface area (Å²) in [4.78, 5) is 15.8. The van der Waals surface area contributed by atoms with E-state index in [-0.39, 0.29) is 12.1 Å². The molecule has 0 saturated heterocycles. The number of pyridine rings is 1. The van der Waals surface area contributed by atoms with Gasteiger partial charge in [-0.1, -0.05) is 36.2 Å². The lowest BCUT2D eigenvalue weighted by Crippen LogP contribution is -2.20. The van der Waals surface area contributed by atoms with Crippen molar-refractivity contribution in [2.45, 2.75) is 32.7 Å². The first-order valence-electron chi connectivity index (χ1n) is 5.87. The fourth-order valence-corrected chi connectivity index (χ4v) is 1.79. The minimum Gasteiger partial charge on any atom is -0.339 e. The molecule has 0 atom stereocenters. The van der Waals surface area contributed by atoms with E-state index in [0.717, 1.165) is 19.3 Å². The van der Waals surface area contributed by atoms with Gasteiger partial charge in [-0.3, -0.25) is 9.36 Å². The summed E-state index contributed by atoms with van der Waals surface area (Å²) in [6.45, 7) is 2.33. The second-order valence-corrected chi connectivity index (χ2v) is 4.37. The van der Waals surface area contributed by atoms with Gasteiger partial charge in [0.15, 0.2) is 5.82 Å². The van der Waals surface area contributed by atoms with Crippen LogP contribution in [-0.2, 0) is 13.0 Å². The maximum absolute atomic E-state index is 11.6. The molecule has 2 rings (SSSR count). The van der Waals surface area contributed by atoms with Gasteiger partial charge in [-0.25, -0.2) is 0 Å². The molecule has 0 saturated carbocycles. The molecule has 0 spiro atoms. The quantitative estimate of drug-likeness (QED) is 0.780. The monoisotopic (exact) mass is 267 g/mol. The molecule has 18 heavy (non-hydrogen) atoms. The first kappa shape index (κ1) is 12.8. The van der Waals surface area contributed by atoms with Crippen LogP contribution in [0.1, 0.15) is 31.5 Å². The van der Waals surface area contributed by atoms with Crippen LogP contribution in [0.2, 0.25) is 5.15 Å². The molecular weight excluding hydrogens is 254 g/mol. The highest BCUT2D eigenvalue weighted by Gasteiger charge is 2.09. The van der Waals surface area contributed by atoms with Crippen molar-refractivity contribution in [2.24, 2.45) is 0 Å². The minimum absolute atomic E-state index is 0.178. The SMILES string of the molecule is CCCCc1nc(Cn2c(Cl)cccc2=O)no1. The predicted molar refractivity (Wildman–Crippen MR) is 67.7 cm³/mol. The summed E-state index contributed by atoms with van der Waals surface area (Å²) in [5.74, 6) is 1.07. The largest absolute Gasteiger partial charge is 0.339 e. The molecule has 5 nitrogen and oxygen atoms in total. The topological polar surface area (TPSA) is 60.9 Å². The molecule has 0 aliphatic rings. The van der Waals surface area contributed by atoms with E-state index >= 15 is 0 Å². The van der Waals surface area contributed by atoms with Crippen molar-refractivity contribution in [3.63, 3.8) is 0 Å². The van der Waals surface area contributed by atoms with Gasteiger partial charge in [-0.15, -0.1) is 0 Å². The Kier molecular flexibility index (Phi) is 4.15. The van der Waals surface area contributed by atoms with Gasteiger partial charge in [0.2, 0.25) is 5.89 Å². The van der Waals surface area contributed by atoms with Gasteiger partial charge in [-0.2, -0.15) is 4.98 Å². The molecule has 0 radical (unpaired) electrons. The van der Waals surface area contributed by atoms with Crippen LogP contribution in [0.25, 0.3) is 0 Å². The third kappa shape index (κ3) is 2.98. The molecule has 0 fully saturated rings. The van der Waals surface area contributed by atoms with Crippen molar-refractivity contribution < 1.29 is 4.52 Å². The standard InChI is InChI=1S/C12H14ClN3O2/c1-2-3-6-11-14-10(15-18-11)8-16-9(13)5-4-7-12(16)17/h4-5,7H,2-3,6,8H2,1H3. The average Bonchev–Trinajstić information content (AvgIpc) is 2.79. The number of hydrogen-bond donors (Lipinski definition) is 0. The smallest absolute Gasteiger partial charge is 0.252 e. The molecule has 0 unspecified atom stereocenters. The van der Waals surface area contributed by atoms with Crippen LogP contribution in [0.4, 0.5) is 0 Å². The Morgan fingerprint density at radius 1 is 1.44 bits per heavy atom. The van der Waals surface area contributed by atoms with Crippen LogP contribution < -0.4 is 5.56 Å². The second-order valence-electron chi connectivity index (χ2n) is 3.98. The van der Waals surface area contributed by atoms with Gasteiger partial charge in [0.05, 0.1) is 6.54 Å². The molecule has 2 aromatic heterocycles. The molecule has 2 heterocycles. The van der Waals surface area contributed by atoms with Crippen LogP contribution in [0, 0.1) is 0 Å². The fraction of sp³-hybridized carbons (Fsp3) is 0.417. The van der Waals surface area contributed by atoms with Crippen molar-refractivity contribution in [1.82, 2.24) is 14.7 Å². The number of nitrogens with zero attached hydrogens (tertiary/aromatic N) is 3. The van der Waals surface area contributed by atoms with Crippen molar-refractivity contribution in [3.8, 4) is 0 Å². The minimum atomic E-state index is -0.178. The summed E-state index contributed by atoms with van der Waals surface area (Å²) in [7, 11) is 0. The lowest BCUT2D eigenvalue weighted by molar-refractivity contribution is 0.369. The fourth-order valence-electron chi connectivity index (χ4n) is 1.57. The second kappa shape index (κ2) is 5.82. The van der Waals surface area contributed by atoms with Crippen LogP contribution in [0.15, 0.2) is 27.5 Å². The van der Waals surface area contributed by atoms with E-state index in [2.05, 4.69) is 17.1 Å². The molecule has 2 aromatic rings. The molecule has 96 valence electrons. The summed E-state index contributed by atoms with van der Waals surface area (Å²) in [6.07, 6.45) is 2.84. The van der Waals surface area contributed by atoms with Crippen molar-refractivity contribution in [1.29, 1.82) is 0 Å². The van der Waals surface area contributed by atoms with Gasteiger partial charge in [0.1, 0.15) is 5.15 Å². The summed E-state index contributed by atoms with van der Waals surface area (Å²) in [5.41, 5.74) is -0.178. The van der Waals surface area contributed by atoms with Crippen LogP contribution >= 0.6 is 11.6 Å². The molecule has 0 amide bonds. The van der Waals surface area contributed by atoms with Gasteiger partial charge < -0.3 is 4.52 Å². The Bertz CT molecular complexity index is 577. The average molecular weight is 268 g/mol. The third-order valence-corrected chi connectivity index (χ3v) is 2.88. The van der Waals surface area contributed by atoms with Gasteiger partial charge >= 0.3 is 0 Å². The zero-order valence-electron chi connectivity index (χ0n) is 10.1. The Hall–Kier alpha value is -1.62. The number of rotatable bonds is 5. The molecule has 0 aliphatic heterocycles. The van der Waals surface area contributed by atoms with E-state index in [4.69, 9.17) is 16.1 Å². The maximum Gasteiger partial charge on any atom is 0.252 e. The molecule has 0 N–H and O–H groups in total. The number of halogens is 1. The Labute approximate surface area is 109 Å². The lowest BCUT2D eigenvalue weighted by atomic mass is 10.2. The Balaban J connectivity index is 2.14. The predicted octanol–water partition coefficient (Wildman–Crippen LogP) is 2.28. The van der Waals surface area contributed by atoms with E-state index in [0.29, 0.717) is 16.9 Å². The number of aryl methyl sites for hydroxylation is 1. The summed E-state index contributed by atoms with van der Waals surface area (Å²) < 4.78 is 6.50. The first-order valence-corrected chi connectivity index (χ1v) is 6.25.